The summed E-state index contributed by atoms with van der Waals surface area (Å²) in [5, 5.41) is 0. The predicted octanol–water partition coefficient (Wildman–Crippen LogP) is 4.70. The van der Waals surface area contributed by atoms with Crippen molar-refractivity contribution in [1.29, 1.82) is 0 Å². The maximum Gasteiger partial charge on any atom is 0.189 e. The van der Waals surface area contributed by atoms with E-state index in [4.69, 9.17) is 18.9 Å². The molecule has 0 aliphatic carbocycles. The van der Waals surface area contributed by atoms with Crippen LogP contribution in [0.5, 0.6) is 11.5 Å². The van der Waals surface area contributed by atoms with Crippen LogP contribution in [0.2, 0.25) is 0 Å². The zero-order valence-electron chi connectivity index (χ0n) is 15.3. The van der Waals surface area contributed by atoms with Gasteiger partial charge in [0.05, 0.1) is 31.8 Å². The molecule has 0 atom stereocenters. The second-order valence-electron chi connectivity index (χ2n) is 6.61. The minimum absolute atomic E-state index is 0.198. The summed E-state index contributed by atoms with van der Waals surface area (Å²) in [6.07, 6.45) is 2.78. The molecule has 138 valence electrons. The van der Waals surface area contributed by atoms with Gasteiger partial charge >= 0.3 is 0 Å². The predicted molar refractivity (Wildman–Crippen MR) is 103 cm³/mol. The molecule has 4 heteroatoms. The van der Waals surface area contributed by atoms with Crippen LogP contribution < -0.4 is 9.47 Å². The SMILES string of the molecule is C=CCOCOc1ccc(-c2ccc(OCC3(CC)COC3)cc2)cc1. The van der Waals surface area contributed by atoms with Crippen molar-refractivity contribution >= 4 is 0 Å². The van der Waals surface area contributed by atoms with E-state index >= 15 is 0 Å². The van der Waals surface area contributed by atoms with Crippen LogP contribution in [0.15, 0.2) is 61.2 Å². The summed E-state index contributed by atoms with van der Waals surface area (Å²) in [5.74, 6) is 1.68. The van der Waals surface area contributed by atoms with Crippen LogP contribution in [0, 0.1) is 5.41 Å². The van der Waals surface area contributed by atoms with Gasteiger partial charge < -0.3 is 18.9 Å². The van der Waals surface area contributed by atoms with Gasteiger partial charge in [0.25, 0.3) is 0 Å². The lowest BCUT2D eigenvalue weighted by Gasteiger charge is -2.40. The van der Waals surface area contributed by atoms with Crippen LogP contribution in [0.25, 0.3) is 11.1 Å². The van der Waals surface area contributed by atoms with Gasteiger partial charge in [-0.05, 0) is 41.8 Å². The van der Waals surface area contributed by atoms with E-state index in [-0.39, 0.29) is 12.2 Å². The van der Waals surface area contributed by atoms with Crippen molar-refractivity contribution in [2.75, 3.05) is 33.2 Å². The van der Waals surface area contributed by atoms with Crippen molar-refractivity contribution in [1.82, 2.24) is 0 Å². The fourth-order valence-corrected chi connectivity index (χ4v) is 2.75. The van der Waals surface area contributed by atoms with Gasteiger partial charge in [-0.2, -0.15) is 0 Å². The highest BCUT2D eigenvalue weighted by atomic mass is 16.7. The minimum atomic E-state index is 0.198. The third kappa shape index (κ3) is 4.65. The molecule has 4 nitrogen and oxygen atoms in total. The third-order valence-corrected chi connectivity index (χ3v) is 4.70. The fourth-order valence-electron chi connectivity index (χ4n) is 2.75. The van der Waals surface area contributed by atoms with Crippen molar-refractivity contribution < 1.29 is 18.9 Å². The number of hydrogen-bond acceptors (Lipinski definition) is 4. The lowest BCUT2D eigenvalue weighted by atomic mass is 9.84. The van der Waals surface area contributed by atoms with Crippen molar-refractivity contribution in [2.24, 2.45) is 5.41 Å². The molecule has 0 N–H and O–H groups in total. The number of rotatable bonds is 10. The summed E-state index contributed by atoms with van der Waals surface area (Å²) in [6.45, 7) is 8.81. The maximum atomic E-state index is 5.96. The van der Waals surface area contributed by atoms with Gasteiger partial charge in [-0.15, -0.1) is 6.58 Å². The highest BCUT2D eigenvalue weighted by Gasteiger charge is 2.37. The average Bonchev–Trinajstić information content (AvgIpc) is 2.66. The second-order valence-corrected chi connectivity index (χ2v) is 6.61. The topological polar surface area (TPSA) is 36.9 Å². The Labute approximate surface area is 155 Å². The first kappa shape index (κ1) is 18.5. The van der Waals surface area contributed by atoms with E-state index in [9.17, 15) is 0 Å². The monoisotopic (exact) mass is 354 g/mol. The van der Waals surface area contributed by atoms with E-state index in [2.05, 4.69) is 25.6 Å². The Bertz CT molecular complexity index is 682. The number of ether oxygens (including phenoxy) is 4. The molecule has 3 rings (SSSR count). The molecule has 1 saturated heterocycles. The largest absolute Gasteiger partial charge is 0.493 e. The first-order valence-corrected chi connectivity index (χ1v) is 8.97. The molecule has 0 aromatic heterocycles. The van der Waals surface area contributed by atoms with Gasteiger partial charge in [0, 0.05) is 0 Å². The van der Waals surface area contributed by atoms with E-state index in [0.29, 0.717) is 13.2 Å². The Kier molecular flexibility index (Phi) is 6.31. The van der Waals surface area contributed by atoms with Crippen LogP contribution in [-0.2, 0) is 9.47 Å². The van der Waals surface area contributed by atoms with E-state index in [1.807, 2.05) is 36.4 Å². The van der Waals surface area contributed by atoms with E-state index in [1.54, 1.807) is 6.08 Å². The third-order valence-electron chi connectivity index (χ3n) is 4.70. The Morgan fingerprint density at radius 2 is 1.54 bits per heavy atom. The smallest absolute Gasteiger partial charge is 0.189 e. The standard InChI is InChI=1S/C22H26O4/c1-3-13-23-17-26-21-11-7-19(8-12-21)18-5-9-20(10-6-18)25-16-22(4-2)14-24-15-22/h3,5-12H,1,4,13-17H2,2H3. The van der Waals surface area contributed by atoms with Crippen LogP contribution in [0.4, 0.5) is 0 Å². The minimum Gasteiger partial charge on any atom is -0.493 e. The van der Waals surface area contributed by atoms with Crippen LogP contribution in [0.3, 0.4) is 0 Å². The molecule has 0 radical (unpaired) electrons. The van der Waals surface area contributed by atoms with Crippen LogP contribution >= 0.6 is 0 Å². The van der Waals surface area contributed by atoms with Gasteiger partial charge in [0.1, 0.15) is 11.5 Å². The Balaban J connectivity index is 1.53. The molecular weight excluding hydrogens is 328 g/mol. The summed E-state index contributed by atoms with van der Waals surface area (Å²) >= 11 is 0. The fraction of sp³-hybridized carbons (Fsp3) is 0.364. The lowest BCUT2D eigenvalue weighted by molar-refractivity contribution is -0.133. The number of benzene rings is 2. The van der Waals surface area contributed by atoms with Gasteiger partial charge in [-0.3, -0.25) is 0 Å². The maximum absolute atomic E-state index is 5.96. The van der Waals surface area contributed by atoms with Gasteiger partial charge in [-0.25, -0.2) is 0 Å². The molecular formula is C22H26O4. The first-order chi connectivity index (χ1) is 12.7. The summed E-state index contributed by atoms with van der Waals surface area (Å²) in [7, 11) is 0. The lowest BCUT2D eigenvalue weighted by Crippen LogP contribution is -2.46. The summed E-state index contributed by atoms with van der Waals surface area (Å²) in [5.41, 5.74) is 2.47. The van der Waals surface area contributed by atoms with Gasteiger partial charge in [0.2, 0.25) is 0 Å². The molecule has 1 fully saturated rings. The Morgan fingerprint density at radius 3 is 2.00 bits per heavy atom. The highest BCUT2D eigenvalue weighted by molar-refractivity contribution is 5.64. The molecule has 26 heavy (non-hydrogen) atoms. The molecule has 0 unspecified atom stereocenters. The molecule has 0 saturated carbocycles. The molecule has 2 aromatic carbocycles. The molecule has 1 aliphatic rings. The van der Waals surface area contributed by atoms with E-state index in [1.165, 1.54) is 0 Å². The van der Waals surface area contributed by atoms with Crippen LogP contribution in [0.1, 0.15) is 13.3 Å². The van der Waals surface area contributed by atoms with E-state index < -0.39 is 0 Å². The van der Waals surface area contributed by atoms with E-state index in [0.717, 1.165) is 42.3 Å². The molecule has 2 aromatic rings. The highest BCUT2D eigenvalue weighted by Crippen LogP contribution is 2.32. The quantitative estimate of drug-likeness (QED) is 0.352. The first-order valence-electron chi connectivity index (χ1n) is 8.97. The van der Waals surface area contributed by atoms with Crippen molar-refractivity contribution in [3.8, 4) is 22.6 Å². The van der Waals surface area contributed by atoms with Crippen molar-refractivity contribution in [3.05, 3.63) is 61.2 Å². The van der Waals surface area contributed by atoms with Gasteiger partial charge in [0.15, 0.2) is 6.79 Å². The molecule has 0 amide bonds. The summed E-state index contributed by atoms with van der Waals surface area (Å²) < 4.78 is 22.0. The molecule has 0 spiro atoms. The van der Waals surface area contributed by atoms with Gasteiger partial charge in [-0.1, -0.05) is 37.3 Å². The summed E-state index contributed by atoms with van der Waals surface area (Å²) in [6, 6.07) is 16.2. The molecule has 1 heterocycles. The average molecular weight is 354 g/mol. The Hall–Kier alpha value is -2.30. The van der Waals surface area contributed by atoms with Crippen molar-refractivity contribution in [2.45, 2.75) is 13.3 Å². The summed E-state index contributed by atoms with van der Waals surface area (Å²) in [4.78, 5) is 0. The second kappa shape index (κ2) is 8.88. The number of hydrogen-bond donors (Lipinski definition) is 0. The van der Waals surface area contributed by atoms with Crippen LogP contribution in [-0.4, -0.2) is 33.2 Å². The molecule has 0 bridgehead atoms. The van der Waals surface area contributed by atoms with Crippen molar-refractivity contribution in [3.63, 3.8) is 0 Å². The zero-order valence-corrected chi connectivity index (χ0v) is 15.3. The molecule has 1 aliphatic heterocycles. The normalized spacial score (nSPS) is 15.1. The zero-order chi connectivity index (χ0) is 18.2. The Morgan fingerprint density at radius 1 is 0.962 bits per heavy atom.